The first-order valence-electron chi connectivity index (χ1n) is 4.15. The molecule has 0 unspecified atom stereocenters. The van der Waals surface area contributed by atoms with Gasteiger partial charge in [0.25, 0.3) is 0 Å². The summed E-state index contributed by atoms with van der Waals surface area (Å²) in [6, 6.07) is 0. The van der Waals surface area contributed by atoms with E-state index in [1.165, 1.54) is 0 Å². The quantitative estimate of drug-likeness (QED) is 0.620. The Morgan fingerprint density at radius 2 is 1.00 bits per heavy atom. The summed E-state index contributed by atoms with van der Waals surface area (Å²) in [6.07, 6.45) is 0. The summed E-state index contributed by atoms with van der Waals surface area (Å²) in [5.74, 6) is 3.45. The zero-order valence-electron chi connectivity index (χ0n) is 7.64. The van der Waals surface area contributed by atoms with Crippen LogP contribution in [0, 0.1) is 0 Å². The fraction of sp³-hybridized carbons (Fsp3) is 1.00. The second-order valence-electron chi connectivity index (χ2n) is 2.85. The second kappa shape index (κ2) is 3.04. The van der Waals surface area contributed by atoms with Crippen molar-refractivity contribution in [2.45, 2.75) is 27.7 Å². The Bertz CT molecular complexity index is 123. The van der Waals surface area contributed by atoms with Gasteiger partial charge in [0.05, 0.1) is 0 Å². The summed E-state index contributed by atoms with van der Waals surface area (Å²) in [5.41, 5.74) is 0. The van der Waals surface area contributed by atoms with Crippen LogP contribution in [-0.2, 0) is 9.07 Å². The van der Waals surface area contributed by atoms with Gasteiger partial charge >= 0.3 is 0 Å². The molecule has 0 aromatic rings. The topological polar surface area (TPSA) is 17.1 Å². The highest BCUT2D eigenvalue weighted by atomic mass is 32.3. The van der Waals surface area contributed by atoms with E-state index in [4.69, 9.17) is 0 Å². The first kappa shape index (κ1) is 10.2. The molecule has 0 heterocycles. The van der Waals surface area contributed by atoms with Crippen LogP contribution in [0.1, 0.15) is 27.7 Å². The molecule has 0 spiro atoms. The number of hydrogen-bond acceptors (Lipinski definition) is 1. The Kier molecular flexibility index (Phi) is 3.08. The lowest BCUT2D eigenvalue weighted by atomic mass is 10.9. The van der Waals surface area contributed by atoms with Crippen LogP contribution in [0.25, 0.3) is 0 Å². The maximum Gasteiger partial charge on any atom is 0.000789 e. The summed E-state index contributed by atoms with van der Waals surface area (Å²) >= 11 is 0. The predicted molar refractivity (Wildman–Crippen MR) is 50.3 cm³/mol. The minimum atomic E-state index is -2.16. The molecule has 0 aliphatic carbocycles. The van der Waals surface area contributed by atoms with Gasteiger partial charge in [0, 0.05) is 23.0 Å². The maximum absolute atomic E-state index is 12.3. The molecule has 0 amide bonds. The lowest BCUT2D eigenvalue weighted by Gasteiger charge is -2.38. The Balaban J connectivity index is 4.62. The molecule has 0 atom stereocenters. The van der Waals surface area contributed by atoms with Gasteiger partial charge in [-0.2, -0.15) is 0 Å². The average molecular weight is 164 g/mol. The van der Waals surface area contributed by atoms with Crippen molar-refractivity contribution >= 4 is 9.07 Å². The fourth-order valence-corrected chi connectivity index (χ4v) is 3.67. The Morgan fingerprint density at radius 3 is 1.00 bits per heavy atom. The van der Waals surface area contributed by atoms with Gasteiger partial charge in [0.2, 0.25) is 0 Å². The molecule has 0 aromatic carbocycles. The summed E-state index contributed by atoms with van der Waals surface area (Å²) in [4.78, 5) is 0. The maximum atomic E-state index is 12.3. The normalized spacial score (nSPS) is 16.2. The number of rotatable bonds is 4. The lowest BCUT2D eigenvalue weighted by Crippen LogP contribution is -2.42. The van der Waals surface area contributed by atoms with E-state index in [0.29, 0.717) is 0 Å². The minimum absolute atomic E-state index is 0.862. The van der Waals surface area contributed by atoms with Crippen LogP contribution in [0.3, 0.4) is 0 Å². The van der Waals surface area contributed by atoms with Crippen molar-refractivity contribution in [1.29, 1.82) is 0 Å². The molecule has 0 saturated heterocycles. The van der Waals surface area contributed by atoms with Gasteiger partial charge < -0.3 is 0 Å². The summed E-state index contributed by atoms with van der Waals surface area (Å²) in [6.45, 7) is 8.19. The van der Waals surface area contributed by atoms with Gasteiger partial charge in [-0.15, -0.1) is 0 Å². The molecule has 0 N–H and O–H groups in total. The lowest BCUT2D eigenvalue weighted by molar-refractivity contribution is 0.657. The van der Waals surface area contributed by atoms with Crippen molar-refractivity contribution in [1.82, 2.24) is 0 Å². The third-order valence-electron chi connectivity index (χ3n) is 2.92. The van der Waals surface area contributed by atoms with E-state index in [2.05, 4.69) is 0 Å². The van der Waals surface area contributed by atoms with Crippen LogP contribution in [0.5, 0.6) is 0 Å². The monoisotopic (exact) mass is 164 g/mol. The minimum Gasteiger partial charge on any atom is -0.282 e. The summed E-state index contributed by atoms with van der Waals surface area (Å²) < 4.78 is 12.3. The summed E-state index contributed by atoms with van der Waals surface area (Å²) in [5, 5.41) is 0. The molecule has 0 radical (unpaired) electrons. The van der Waals surface area contributed by atoms with Crippen molar-refractivity contribution in [3.05, 3.63) is 0 Å². The number of hydrogen-bond donors (Lipinski definition) is 0. The van der Waals surface area contributed by atoms with Crippen molar-refractivity contribution in [3.8, 4) is 0 Å². The van der Waals surface area contributed by atoms with Crippen molar-refractivity contribution in [3.63, 3.8) is 0 Å². The summed E-state index contributed by atoms with van der Waals surface area (Å²) in [7, 11) is -2.16. The zero-order valence-corrected chi connectivity index (χ0v) is 8.46. The van der Waals surface area contributed by atoms with Gasteiger partial charge in [-0.1, -0.05) is 36.8 Å². The van der Waals surface area contributed by atoms with E-state index in [1.54, 1.807) is 0 Å². The molecular weight excluding hydrogens is 144 g/mol. The van der Waals surface area contributed by atoms with E-state index in [9.17, 15) is 4.21 Å². The Hall–Kier alpha value is 0.150. The highest BCUT2D eigenvalue weighted by molar-refractivity contribution is 8.19. The van der Waals surface area contributed by atoms with E-state index < -0.39 is 9.07 Å². The van der Waals surface area contributed by atoms with Crippen molar-refractivity contribution < 1.29 is 4.21 Å². The molecule has 0 saturated carbocycles. The van der Waals surface area contributed by atoms with E-state index in [-0.39, 0.29) is 0 Å². The highest BCUT2D eigenvalue weighted by Gasteiger charge is 2.28. The van der Waals surface area contributed by atoms with Gasteiger partial charge in [0.15, 0.2) is 0 Å². The molecule has 0 rings (SSSR count). The van der Waals surface area contributed by atoms with E-state index >= 15 is 0 Å². The molecule has 0 fully saturated rings. The zero-order chi connectivity index (χ0) is 8.28. The molecule has 1 nitrogen and oxygen atoms in total. The molecule has 64 valence electrons. The third kappa shape index (κ3) is 1.60. The van der Waals surface area contributed by atoms with Gasteiger partial charge in [-0.25, -0.2) is 0 Å². The molecule has 0 bridgehead atoms. The Morgan fingerprint density at radius 1 is 0.800 bits per heavy atom. The first-order chi connectivity index (χ1) is 4.54. The van der Waals surface area contributed by atoms with E-state index in [1.807, 2.05) is 27.7 Å². The predicted octanol–water partition coefficient (Wildman–Crippen LogP) is 1.89. The van der Waals surface area contributed by atoms with Crippen LogP contribution in [0.15, 0.2) is 0 Å². The van der Waals surface area contributed by atoms with Crippen LogP contribution in [-0.4, -0.2) is 27.2 Å². The smallest absolute Gasteiger partial charge is 0.000789 e. The third-order valence-corrected chi connectivity index (χ3v) is 8.76. The molecule has 0 aliphatic heterocycles. The Labute approximate surface area is 64.6 Å². The van der Waals surface area contributed by atoms with Crippen LogP contribution in [0.2, 0.25) is 0 Å². The molecule has 10 heavy (non-hydrogen) atoms. The molecule has 2 heteroatoms. The fourth-order valence-electron chi connectivity index (χ4n) is 1.22. The van der Waals surface area contributed by atoms with Crippen LogP contribution in [0.4, 0.5) is 0 Å². The molecule has 0 aromatic heterocycles. The first-order valence-corrected chi connectivity index (χ1v) is 6.79. The molecule has 0 aliphatic rings. The van der Waals surface area contributed by atoms with Crippen LogP contribution >= 0.6 is 0 Å². The van der Waals surface area contributed by atoms with Crippen molar-refractivity contribution in [2.75, 3.05) is 23.0 Å². The SMILES string of the molecule is CCS(=O)(CC)(CC)CC. The second-order valence-corrected chi connectivity index (χ2v) is 8.55. The van der Waals surface area contributed by atoms with Gasteiger partial charge in [-0.3, -0.25) is 4.21 Å². The standard InChI is InChI=1S/C8H20OS/c1-5-10(9,6-2,7-3)8-4/h5-8H2,1-4H3. The largest absolute Gasteiger partial charge is 0.282 e. The molecular formula is C8H20OS. The van der Waals surface area contributed by atoms with Crippen molar-refractivity contribution in [2.24, 2.45) is 0 Å². The van der Waals surface area contributed by atoms with E-state index in [0.717, 1.165) is 23.0 Å². The average Bonchev–Trinajstić information content (AvgIpc) is 2.04. The van der Waals surface area contributed by atoms with Gasteiger partial charge in [0.1, 0.15) is 0 Å². The highest BCUT2D eigenvalue weighted by Crippen LogP contribution is 2.24. The van der Waals surface area contributed by atoms with Gasteiger partial charge in [-0.05, 0) is 0 Å². The van der Waals surface area contributed by atoms with Crippen LogP contribution < -0.4 is 0 Å².